The van der Waals surface area contributed by atoms with Gasteiger partial charge in [0, 0.05) is 0 Å². The number of benzene rings is 1. The van der Waals surface area contributed by atoms with Gasteiger partial charge < -0.3 is 15.2 Å². The van der Waals surface area contributed by atoms with Crippen LogP contribution in [0.3, 0.4) is 0 Å². The van der Waals surface area contributed by atoms with E-state index in [1.54, 1.807) is 6.92 Å². The van der Waals surface area contributed by atoms with E-state index >= 15 is 0 Å². The first-order valence-electron chi connectivity index (χ1n) is 6.93. The number of halogens is 3. The van der Waals surface area contributed by atoms with Crippen LogP contribution in [0.25, 0.3) is 0 Å². The summed E-state index contributed by atoms with van der Waals surface area (Å²) in [4.78, 5) is 12.4. The lowest BCUT2D eigenvalue weighted by Gasteiger charge is -2.27. The second-order valence-electron chi connectivity index (χ2n) is 4.79. The van der Waals surface area contributed by atoms with Crippen LogP contribution in [0.4, 0.5) is 4.39 Å². The SMILES string of the molecule is CCOC(=O)C1=C(CCl)OC(N)=C(C#N)[C@H]1c1ccc(F)c(Br)c1. The molecule has 0 unspecified atom stereocenters. The third-order valence-electron chi connectivity index (χ3n) is 3.39. The van der Waals surface area contributed by atoms with Crippen LogP contribution in [-0.4, -0.2) is 18.5 Å². The Bertz CT molecular complexity index is 786. The molecule has 0 radical (unpaired) electrons. The Kier molecular flexibility index (Phi) is 5.86. The van der Waals surface area contributed by atoms with E-state index in [2.05, 4.69) is 15.9 Å². The van der Waals surface area contributed by atoms with Gasteiger partial charge in [-0.2, -0.15) is 5.26 Å². The van der Waals surface area contributed by atoms with Crippen molar-refractivity contribution in [3.8, 4) is 6.07 Å². The summed E-state index contributed by atoms with van der Waals surface area (Å²) in [6, 6.07) is 6.11. The Balaban J connectivity index is 2.68. The van der Waals surface area contributed by atoms with Crippen LogP contribution in [-0.2, 0) is 14.3 Å². The van der Waals surface area contributed by atoms with Crippen molar-refractivity contribution in [2.75, 3.05) is 12.5 Å². The van der Waals surface area contributed by atoms with Gasteiger partial charge in [0.1, 0.15) is 23.2 Å². The number of carbonyl (C=O) groups is 1. The van der Waals surface area contributed by atoms with Crippen molar-refractivity contribution in [3.63, 3.8) is 0 Å². The maximum Gasteiger partial charge on any atom is 0.338 e. The van der Waals surface area contributed by atoms with Gasteiger partial charge in [-0.25, -0.2) is 9.18 Å². The van der Waals surface area contributed by atoms with E-state index in [4.69, 9.17) is 26.8 Å². The molecule has 0 spiro atoms. The van der Waals surface area contributed by atoms with Gasteiger partial charge in [0.15, 0.2) is 0 Å². The Morgan fingerprint density at radius 3 is 2.83 bits per heavy atom. The third kappa shape index (κ3) is 3.40. The number of nitrogens with two attached hydrogens (primary N) is 1. The average molecular weight is 416 g/mol. The highest BCUT2D eigenvalue weighted by atomic mass is 79.9. The maximum absolute atomic E-state index is 13.5. The smallest absolute Gasteiger partial charge is 0.338 e. The van der Waals surface area contributed by atoms with Crippen LogP contribution in [0, 0.1) is 17.1 Å². The van der Waals surface area contributed by atoms with Gasteiger partial charge in [-0.15, -0.1) is 11.6 Å². The fraction of sp³-hybridized carbons (Fsp3) is 0.250. The first kappa shape index (κ1) is 18.3. The van der Waals surface area contributed by atoms with Gasteiger partial charge >= 0.3 is 5.97 Å². The molecule has 0 saturated heterocycles. The van der Waals surface area contributed by atoms with Crippen LogP contribution in [0.2, 0.25) is 0 Å². The Morgan fingerprint density at radius 2 is 2.29 bits per heavy atom. The number of esters is 1. The molecule has 0 bridgehead atoms. The summed E-state index contributed by atoms with van der Waals surface area (Å²) in [6.45, 7) is 1.79. The molecule has 2 N–H and O–H groups in total. The highest BCUT2D eigenvalue weighted by Gasteiger charge is 2.37. The van der Waals surface area contributed by atoms with Gasteiger partial charge in [0.2, 0.25) is 5.88 Å². The molecule has 0 fully saturated rings. The number of hydrogen-bond acceptors (Lipinski definition) is 5. The lowest BCUT2D eigenvalue weighted by Crippen LogP contribution is -2.26. The van der Waals surface area contributed by atoms with E-state index < -0.39 is 17.7 Å². The Labute approximate surface area is 151 Å². The van der Waals surface area contributed by atoms with E-state index in [1.807, 2.05) is 6.07 Å². The van der Waals surface area contributed by atoms with Crippen molar-refractivity contribution in [1.29, 1.82) is 5.26 Å². The number of nitrogens with zero attached hydrogens (tertiary/aromatic N) is 1. The van der Waals surface area contributed by atoms with Gasteiger partial charge in [-0.1, -0.05) is 6.07 Å². The van der Waals surface area contributed by atoms with E-state index in [0.717, 1.165) is 0 Å². The van der Waals surface area contributed by atoms with Crippen LogP contribution < -0.4 is 5.73 Å². The summed E-state index contributed by atoms with van der Waals surface area (Å²) in [5.74, 6) is -2.16. The fourth-order valence-electron chi connectivity index (χ4n) is 2.37. The second-order valence-corrected chi connectivity index (χ2v) is 5.91. The first-order valence-corrected chi connectivity index (χ1v) is 8.25. The summed E-state index contributed by atoms with van der Waals surface area (Å²) in [7, 11) is 0. The number of ether oxygens (including phenoxy) is 2. The van der Waals surface area contributed by atoms with E-state index in [9.17, 15) is 14.4 Å². The van der Waals surface area contributed by atoms with Crippen LogP contribution >= 0.6 is 27.5 Å². The van der Waals surface area contributed by atoms with Crippen molar-refractivity contribution in [1.82, 2.24) is 0 Å². The quantitative estimate of drug-likeness (QED) is 0.601. The minimum Gasteiger partial charge on any atom is -0.463 e. The van der Waals surface area contributed by atoms with E-state index in [-0.39, 0.29) is 39.7 Å². The molecule has 5 nitrogen and oxygen atoms in total. The number of allylic oxidation sites excluding steroid dienone is 2. The minimum absolute atomic E-state index is 0.0328. The molecule has 1 heterocycles. The van der Waals surface area contributed by atoms with Gasteiger partial charge in [0.25, 0.3) is 0 Å². The molecule has 1 aromatic rings. The number of hydrogen-bond donors (Lipinski definition) is 1. The highest BCUT2D eigenvalue weighted by molar-refractivity contribution is 9.10. The monoisotopic (exact) mass is 414 g/mol. The molecule has 0 amide bonds. The lowest BCUT2D eigenvalue weighted by atomic mass is 9.83. The molecule has 1 atom stereocenters. The lowest BCUT2D eigenvalue weighted by molar-refractivity contribution is -0.139. The molecule has 1 aliphatic heterocycles. The number of rotatable bonds is 4. The van der Waals surface area contributed by atoms with Gasteiger partial charge in [0.05, 0.1) is 28.5 Å². The minimum atomic E-state index is -0.853. The zero-order valence-corrected chi connectivity index (χ0v) is 14.9. The van der Waals surface area contributed by atoms with Crippen molar-refractivity contribution in [2.45, 2.75) is 12.8 Å². The van der Waals surface area contributed by atoms with Crippen molar-refractivity contribution < 1.29 is 18.7 Å². The van der Waals surface area contributed by atoms with Crippen molar-refractivity contribution >= 4 is 33.5 Å². The molecule has 24 heavy (non-hydrogen) atoms. The molecular formula is C16H13BrClFN2O3. The molecule has 0 aliphatic carbocycles. The van der Waals surface area contributed by atoms with Crippen molar-refractivity contribution in [2.24, 2.45) is 5.73 Å². The van der Waals surface area contributed by atoms with E-state index in [0.29, 0.717) is 5.56 Å². The van der Waals surface area contributed by atoms with E-state index in [1.165, 1.54) is 18.2 Å². The Hall–Kier alpha value is -2.04. The molecular weight excluding hydrogens is 403 g/mol. The molecule has 8 heteroatoms. The standard InChI is InChI=1S/C16H13BrClFN2O3/c1-2-23-16(22)14-12(6-18)24-15(21)9(7-20)13(14)8-3-4-11(19)10(17)5-8/h3-5,13H,2,6,21H2,1H3/t13-/m1/s1. The summed E-state index contributed by atoms with van der Waals surface area (Å²) < 4.78 is 24.1. The maximum atomic E-state index is 13.5. The predicted octanol–water partition coefficient (Wildman–Crippen LogP) is 3.45. The zero-order valence-electron chi connectivity index (χ0n) is 12.6. The summed E-state index contributed by atoms with van der Waals surface area (Å²) >= 11 is 8.96. The number of nitriles is 1. The van der Waals surface area contributed by atoms with Gasteiger partial charge in [-0.05, 0) is 40.5 Å². The highest BCUT2D eigenvalue weighted by Crippen LogP contribution is 2.40. The summed E-state index contributed by atoms with van der Waals surface area (Å²) in [5.41, 5.74) is 6.39. The molecule has 1 aliphatic rings. The number of carbonyl (C=O) groups excluding carboxylic acids is 1. The summed E-state index contributed by atoms with van der Waals surface area (Å²) in [5, 5.41) is 9.44. The average Bonchev–Trinajstić information content (AvgIpc) is 2.56. The molecule has 1 aromatic carbocycles. The molecule has 2 rings (SSSR count). The van der Waals surface area contributed by atoms with Gasteiger partial charge in [-0.3, -0.25) is 0 Å². The second kappa shape index (κ2) is 7.69. The topological polar surface area (TPSA) is 85.3 Å². The normalized spacial score (nSPS) is 17.4. The molecule has 0 saturated carbocycles. The molecule has 0 aromatic heterocycles. The Morgan fingerprint density at radius 1 is 1.58 bits per heavy atom. The van der Waals surface area contributed by atoms with Crippen molar-refractivity contribution in [3.05, 3.63) is 56.8 Å². The predicted molar refractivity (Wildman–Crippen MR) is 89.1 cm³/mol. The van der Waals surface area contributed by atoms with Crippen LogP contribution in [0.15, 0.2) is 45.5 Å². The molecule has 126 valence electrons. The van der Waals surface area contributed by atoms with Crippen LogP contribution in [0.5, 0.6) is 0 Å². The third-order valence-corrected chi connectivity index (χ3v) is 4.24. The van der Waals surface area contributed by atoms with Crippen LogP contribution in [0.1, 0.15) is 18.4 Å². The summed E-state index contributed by atoms with van der Waals surface area (Å²) in [6.07, 6.45) is 0. The fourth-order valence-corrected chi connectivity index (χ4v) is 2.97. The number of alkyl halides is 1. The first-order chi connectivity index (χ1) is 11.4. The zero-order chi connectivity index (χ0) is 17.9. The largest absolute Gasteiger partial charge is 0.463 e.